The Bertz CT molecular complexity index is 1060. The fraction of sp³-hybridized carbons (Fsp3) is 0.231. The summed E-state index contributed by atoms with van der Waals surface area (Å²) >= 11 is 0. The Morgan fingerprint density at radius 3 is 2.12 bits per heavy atom. The lowest BCUT2D eigenvalue weighted by Gasteiger charge is -2.23. The van der Waals surface area contributed by atoms with Crippen LogP contribution in [0.15, 0.2) is 78.9 Å². The van der Waals surface area contributed by atoms with Crippen LogP contribution in [-0.4, -0.2) is 41.6 Å². The van der Waals surface area contributed by atoms with E-state index in [-0.39, 0.29) is 11.7 Å². The van der Waals surface area contributed by atoms with Gasteiger partial charge < -0.3 is 19.5 Å². The van der Waals surface area contributed by atoms with E-state index in [1.165, 1.54) is 29.8 Å². The molecule has 8 heteroatoms. The van der Waals surface area contributed by atoms with Crippen LogP contribution in [0.3, 0.4) is 0 Å². The molecule has 0 bridgehead atoms. The van der Waals surface area contributed by atoms with Crippen molar-refractivity contribution < 1.29 is 33.0 Å². The highest BCUT2D eigenvalue weighted by Crippen LogP contribution is 2.19. The molecule has 0 fully saturated rings. The molecule has 0 aromatic heterocycles. The number of carbonyl (C=O) groups is 2. The highest BCUT2D eigenvalue weighted by molar-refractivity contribution is 5.94. The van der Waals surface area contributed by atoms with Gasteiger partial charge in [-0.05, 0) is 60.4 Å². The van der Waals surface area contributed by atoms with E-state index in [0.29, 0.717) is 24.4 Å². The number of halogens is 2. The molecule has 1 N–H and O–H groups in total. The summed E-state index contributed by atoms with van der Waals surface area (Å²) in [5.41, 5.74) is 2.37. The van der Waals surface area contributed by atoms with Crippen LogP contribution in [0, 0.1) is 0 Å². The number of hydrogen-bond acceptors (Lipinski definition) is 4. The van der Waals surface area contributed by atoms with Crippen molar-refractivity contribution in [2.24, 2.45) is 0 Å². The normalized spacial score (nSPS) is 10.7. The zero-order chi connectivity index (χ0) is 24.3. The quantitative estimate of drug-likeness (QED) is 0.403. The van der Waals surface area contributed by atoms with Gasteiger partial charge in [0.15, 0.2) is 6.61 Å². The Morgan fingerprint density at radius 1 is 0.853 bits per heavy atom. The van der Waals surface area contributed by atoms with Gasteiger partial charge >= 0.3 is 12.6 Å². The summed E-state index contributed by atoms with van der Waals surface area (Å²) in [6.07, 6.45) is 1.54. The van der Waals surface area contributed by atoms with Crippen LogP contribution in [0.2, 0.25) is 0 Å². The van der Waals surface area contributed by atoms with Crippen LogP contribution < -0.4 is 9.47 Å². The lowest BCUT2D eigenvalue weighted by molar-refractivity contribution is -0.139. The molecule has 0 heterocycles. The Hall–Kier alpha value is -3.94. The van der Waals surface area contributed by atoms with Crippen LogP contribution in [0.4, 0.5) is 8.78 Å². The van der Waals surface area contributed by atoms with Crippen molar-refractivity contribution in [3.8, 4) is 11.5 Å². The topological polar surface area (TPSA) is 76.1 Å². The summed E-state index contributed by atoms with van der Waals surface area (Å²) in [4.78, 5) is 25.6. The third kappa shape index (κ3) is 7.88. The lowest BCUT2D eigenvalue weighted by Crippen LogP contribution is -2.31. The largest absolute Gasteiger partial charge is 0.482 e. The van der Waals surface area contributed by atoms with Gasteiger partial charge in [0.25, 0.3) is 5.91 Å². The number of benzene rings is 3. The maximum Gasteiger partial charge on any atom is 0.387 e. The minimum atomic E-state index is -2.93. The van der Waals surface area contributed by atoms with E-state index >= 15 is 0 Å². The molecule has 0 saturated heterocycles. The molecule has 0 aliphatic rings. The average Bonchev–Trinajstić information content (AvgIpc) is 2.83. The van der Waals surface area contributed by atoms with Gasteiger partial charge in [-0.3, -0.25) is 4.79 Å². The molecule has 0 saturated carbocycles. The van der Waals surface area contributed by atoms with E-state index in [0.717, 1.165) is 18.4 Å². The third-order valence-electron chi connectivity index (χ3n) is 5.01. The first kappa shape index (κ1) is 24.7. The summed E-state index contributed by atoms with van der Waals surface area (Å²) in [5, 5.41) is 8.73. The standard InChI is InChI=1S/C26H25F2NO5/c27-26(28)34-23-14-10-21(11-15-23)25(32)29(16-4-7-19-5-2-1-3-6-19)17-20-8-12-22(13-9-20)33-18-24(30)31/h1-3,5-6,8-15,26H,4,7,16-18H2,(H,30,31). The first-order chi connectivity index (χ1) is 16.4. The van der Waals surface area contributed by atoms with E-state index in [4.69, 9.17) is 9.84 Å². The minimum absolute atomic E-state index is 0.0147. The summed E-state index contributed by atoms with van der Waals surface area (Å²) in [5.74, 6) is -0.894. The second-order valence-electron chi connectivity index (χ2n) is 7.55. The van der Waals surface area contributed by atoms with Gasteiger partial charge in [-0.1, -0.05) is 42.5 Å². The van der Waals surface area contributed by atoms with Gasteiger partial charge in [0.1, 0.15) is 11.5 Å². The molecule has 3 aromatic rings. The molecule has 1 amide bonds. The van der Waals surface area contributed by atoms with Gasteiger partial charge in [0, 0.05) is 18.7 Å². The van der Waals surface area contributed by atoms with Gasteiger partial charge in [-0.15, -0.1) is 0 Å². The Kier molecular flexibility index (Phi) is 8.96. The highest BCUT2D eigenvalue weighted by Gasteiger charge is 2.17. The molecule has 3 rings (SSSR count). The first-order valence-corrected chi connectivity index (χ1v) is 10.7. The molecule has 0 radical (unpaired) electrons. The number of carboxylic acids is 1. The Morgan fingerprint density at radius 2 is 1.50 bits per heavy atom. The number of aryl methyl sites for hydroxylation is 1. The SMILES string of the molecule is O=C(O)COc1ccc(CN(CCCc2ccccc2)C(=O)c2ccc(OC(F)F)cc2)cc1. The second-order valence-corrected chi connectivity index (χ2v) is 7.55. The van der Waals surface area contributed by atoms with Gasteiger partial charge in [0.05, 0.1) is 0 Å². The molecular weight excluding hydrogens is 444 g/mol. The molecule has 0 atom stereocenters. The van der Waals surface area contributed by atoms with Crippen LogP contribution in [0.5, 0.6) is 11.5 Å². The average molecular weight is 469 g/mol. The molecule has 0 aliphatic heterocycles. The van der Waals surface area contributed by atoms with E-state index in [1.807, 2.05) is 30.3 Å². The second kappa shape index (κ2) is 12.3. The van der Waals surface area contributed by atoms with E-state index in [2.05, 4.69) is 4.74 Å². The number of rotatable bonds is 12. The fourth-order valence-corrected chi connectivity index (χ4v) is 3.39. The first-order valence-electron chi connectivity index (χ1n) is 10.7. The van der Waals surface area contributed by atoms with Crippen molar-refractivity contribution >= 4 is 11.9 Å². The number of amides is 1. The summed E-state index contributed by atoms with van der Waals surface area (Å²) in [6, 6.07) is 22.4. The van der Waals surface area contributed by atoms with Gasteiger partial charge in [-0.25, -0.2) is 4.79 Å². The predicted octanol–water partition coefficient (Wildman–Crippen LogP) is 5.03. The lowest BCUT2D eigenvalue weighted by atomic mass is 10.1. The fourth-order valence-electron chi connectivity index (χ4n) is 3.39. The van der Waals surface area contributed by atoms with Gasteiger partial charge in [-0.2, -0.15) is 8.78 Å². The third-order valence-corrected chi connectivity index (χ3v) is 5.01. The van der Waals surface area contributed by atoms with E-state index in [1.54, 1.807) is 29.2 Å². The smallest absolute Gasteiger partial charge is 0.387 e. The molecule has 0 unspecified atom stereocenters. The van der Waals surface area contributed by atoms with Crippen LogP contribution >= 0.6 is 0 Å². The number of aliphatic carboxylic acids is 1. The monoisotopic (exact) mass is 469 g/mol. The van der Waals surface area contributed by atoms with Crippen molar-refractivity contribution in [1.29, 1.82) is 0 Å². The summed E-state index contributed by atoms with van der Waals surface area (Å²) in [6.45, 7) is -2.56. The minimum Gasteiger partial charge on any atom is -0.482 e. The van der Waals surface area contributed by atoms with Crippen molar-refractivity contribution in [2.75, 3.05) is 13.2 Å². The van der Waals surface area contributed by atoms with Crippen LogP contribution in [0.25, 0.3) is 0 Å². The molecule has 0 spiro atoms. The van der Waals surface area contributed by atoms with Crippen LogP contribution in [0.1, 0.15) is 27.9 Å². The van der Waals surface area contributed by atoms with Gasteiger partial charge in [0.2, 0.25) is 0 Å². The Balaban J connectivity index is 1.70. The number of nitrogens with zero attached hydrogens (tertiary/aromatic N) is 1. The molecule has 34 heavy (non-hydrogen) atoms. The zero-order valence-corrected chi connectivity index (χ0v) is 18.4. The summed E-state index contributed by atoms with van der Waals surface area (Å²) < 4.78 is 34.3. The molecule has 0 aliphatic carbocycles. The van der Waals surface area contributed by atoms with E-state index < -0.39 is 19.2 Å². The zero-order valence-electron chi connectivity index (χ0n) is 18.4. The summed E-state index contributed by atoms with van der Waals surface area (Å²) in [7, 11) is 0. The molecule has 6 nitrogen and oxygen atoms in total. The number of carboxylic acid groups (broad SMARTS) is 1. The van der Waals surface area contributed by atoms with E-state index in [9.17, 15) is 18.4 Å². The molecule has 178 valence electrons. The van der Waals surface area contributed by atoms with Crippen molar-refractivity contribution in [3.05, 3.63) is 95.6 Å². The number of carbonyl (C=O) groups excluding carboxylic acids is 1. The maximum atomic E-state index is 13.2. The van der Waals surface area contributed by atoms with Crippen molar-refractivity contribution in [1.82, 2.24) is 4.90 Å². The van der Waals surface area contributed by atoms with Crippen molar-refractivity contribution in [3.63, 3.8) is 0 Å². The number of hydrogen-bond donors (Lipinski definition) is 1. The highest BCUT2D eigenvalue weighted by atomic mass is 19.3. The number of alkyl halides is 2. The molecular formula is C26H25F2NO5. The molecule has 3 aromatic carbocycles. The Labute approximate surface area is 196 Å². The predicted molar refractivity (Wildman–Crippen MR) is 122 cm³/mol. The maximum absolute atomic E-state index is 13.2. The number of ether oxygens (including phenoxy) is 2. The van der Waals surface area contributed by atoms with Crippen molar-refractivity contribution in [2.45, 2.75) is 26.0 Å². The van der Waals surface area contributed by atoms with Crippen LogP contribution in [-0.2, 0) is 17.8 Å².